The first-order valence-electron chi connectivity index (χ1n) is 11.8. The van der Waals surface area contributed by atoms with E-state index in [9.17, 15) is 0 Å². The molecule has 13 heteroatoms. The molecular formula is C25H26Cl2FN7O3. The van der Waals surface area contributed by atoms with E-state index in [1.54, 1.807) is 18.3 Å². The van der Waals surface area contributed by atoms with Crippen molar-refractivity contribution >= 4 is 39.9 Å². The van der Waals surface area contributed by atoms with Gasteiger partial charge in [0.05, 0.1) is 34.8 Å². The van der Waals surface area contributed by atoms with Crippen LogP contribution >= 0.6 is 23.2 Å². The number of rotatable bonds is 9. The van der Waals surface area contributed by atoms with Crippen molar-refractivity contribution in [2.75, 3.05) is 38.3 Å². The molecule has 4 aromatic rings. The number of benzene rings is 1. The molecule has 1 aliphatic heterocycles. The number of halogens is 3. The normalized spacial score (nSPS) is 15.4. The zero-order valence-electron chi connectivity index (χ0n) is 20.6. The quantitative estimate of drug-likeness (QED) is 0.226. The fraction of sp³-hybridized carbons (Fsp3) is 0.320. The molecule has 0 amide bonds. The number of H-pyrrole nitrogens is 1. The predicted molar refractivity (Wildman–Crippen MR) is 143 cm³/mol. The lowest BCUT2D eigenvalue weighted by Crippen LogP contribution is -2.68. The number of aromatic nitrogens is 4. The number of aromatic amines is 1. The van der Waals surface area contributed by atoms with E-state index in [4.69, 9.17) is 43.5 Å². The van der Waals surface area contributed by atoms with E-state index >= 15 is 4.39 Å². The Bertz CT molecular complexity index is 1460. The summed E-state index contributed by atoms with van der Waals surface area (Å²) in [6.45, 7) is 3.71. The third-order valence-electron chi connectivity index (χ3n) is 6.41. The Labute approximate surface area is 227 Å². The number of β-amino-alcohol motifs (C(OH)–C–C–N with tert-alkyl or cyclic N) is 1. The molecule has 1 atom stereocenters. The van der Waals surface area contributed by atoms with Crippen LogP contribution in [0, 0.1) is 5.82 Å². The maximum absolute atomic E-state index is 15.2. The maximum Gasteiger partial charge on any atom is 0.177 e. The van der Waals surface area contributed by atoms with Crippen LogP contribution in [0.4, 0.5) is 10.2 Å². The molecule has 1 fully saturated rings. The Balaban J connectivity index is 1.43. The highest BCUT2D eigenvalue weighted by atomic mass is 35.5. The second-order valence-electron chi connectivity index (χ2n) is 9.27. The number of pyridine rings is 2. The molecule has 0 unspecified atom stereocenters. The van der Waals surface area contributed by atoms with Gasteiger partial charge in [0, 0.05) is 60.8 Å². The van der Waals surface area contributed by atoms with Gasteiger partial charge in [0.25, 0.3) is 0 Å². The minimum absolute atomic E-state index is 0.0459. The van der Waals surface area contributed by atoms with Gasteiger partial charge >= 0.3 is 0 Å². The van der Waals surface area contributed by atoms with Gasteiger partial charge in [-0.2, -0.15) is 5.10 Å². The lowest BCUT2D eigenvalue weighted by atomic mass is 9.92. The summed E-state index contributed by atoms with van der Waals surface area (Å²) in [6, 6.07) is 4.82. The molecule has 0 bridgehead atoms. The average molecular weight is 562 g/mol. The van der Waals surface area contributed by atoms with Gasteiger partial charge in [0.2, 0.25) is 0 Å². The molecule has 0 aliphatic carbocycles. The summed E-state index contributed by atoms with van der Waals surface area (Å²) in [4.78, 5) is 10.2. The Morgan fingerprint density at radius 1 is 1.21 bits per heavy atom. The molecule has 0 saturated carbocycles. The van der Waals surface area contributed by atoms with Gasteiger partial charge < -0.3 is 24.8 Å². The fourth-order valence-electron chi connectivity index (χ4n) is 4.59. The molecule has 0 radical (unpaired) electrons. The van der Waals surface area contributed by atoms with Crippen LogP contribution < -0.4 is 25.4 Å². The van der Waals surface area contributed by atoms with Crippen LogP contribution in [0.25, 0.3) is 22.2 Å². The molecule has 4 heterocycles. The number of ether oxygens (including phenoxy) is 2. The average Bonchev–Trinajstić information content (AvgIpc) is 3.28. The van der Waals surface area contributed by atoms with Crippen molar-refractivity contribution in [3.63, 3.8) is 0 Å². The Morgan fingerprint density at radius 2 is 1.95 bits per heavy atom. The van der Waals surface area contributed by atoms with E-state index in [0.717, 1.165) is 0 Å². The molecule has 1 aromatic carbocycles. The van der Waals surface area contributed by atoms with Crippen molar-refractivity contribution in [3.05, 3.63) is 58.2 Å². The lowest BCUT2D eigenvalue weighted by Gasteiger charge is -2.49. The van der Waals surface area contributed by atoms with Gasteiger partial charge in [-0.3, -0.25) is 15.8 Å². The number of hydrogen-bond donors (Lipinski definition) is 4. The van der Waals surface area contributed by atoms with E-state index in [0.29, 0.717) is 58.9 Å². The maximum atomic E-state index is 15.2. The van der Waals surface area contributed by atoms with Crippen molar-refractivity contribution in [2.45, 2.75) is 18.7 Å². The molecule has 10 nitrogen and oxygen atoms in total. The number of nitrogens with zero attached hydrogens (tertiary/aromatic N) is 4. The Morgan fingerprint density at radius 3 is 2.61 bits per heavy atom. The second-order valence-corrected chi connectivity index (χ2v) is 10.1. The molecule has 5 N–H and O–H groups in total. The van der Waals surface area contributed by atoms with Crippen molar-refractivity contribution in [3.8, 4) is 22.8 Å². The van der Waals surface area contributed by atoms with Crippen LogP contribution in [-0.4, -0.2) is 64.2 Å². The second kappa shape index (κ2) is 10.5. The smallest absolute Gasteiger partial charge is 0.177 e. The SMILES string of the molecule is COc1cc2[nH]nc(-c3cnc(N4CC(C)(NCCO)C4)c(F)c3)c2cc1O[C@H](N)c1c(Cl)cncc1Cl. The van der Waals surface area contributed by atoms with Gasteiger partial charge in [0.1, 0.15) is 5.69 Å². The van der Waals surface area contributed by atoms with Crippen molar-refractivity contribution in [1.82, 2.24) is 25.5 Å². The number of hydrogen-bond acceptors (Lipinski definition) is 9. The van der Waals surface area contributed by atoms with Gasteiger partial charge in [-0.25, -0.2) is 9.37 Å². The van der Waals surface area contributed by atoms with E-state index in [2.05, 4.69) is 25.5 Å². The lowest BCUT2D eigenvalue weighted by molar-refractivity contribution is 0.204. The third-order valence-corrected chi connectivity index (χ3v) is 7.02. The summed E-state index contributed by atoms with van der Waals surface area (Å²) in [7, 11) is 1.50. The number of aliphatic hydroxyl groups excluding tert-OH is 1. The zero-order chi connectivity index (χ0) is 27.0. The number of fused-ring (bicyclic) bond motifs is 1. The first kappa shape index (κ1) is 26.4. The first-order chi connectivity index (χ1) is 18.2. The minimum Gasteiger partial charge on any atom is -0.493 e. The standard InChI is InChI=1S/C25H26Cl2FN7O3/c1-25(32-3-4-36)11-35(12-25)24-17(28)5-13(8-31-24)22-14-6-20(19(37-2)7-18(14)33-34-22)38-23(29)21-15(26)9-30-10-16(21)27/h5-10,23,32,36H,3-4,11-12,29H2,1-2H3,(H,33,34)/t23-/m0/s1. The van der Waals surface area contributed by atoms with Crippen LogP contribution in [0.2, 0.25) is 10.0 Å². The third kappa shape index (κ3) is 4.95. The Hall–Kier alpha value is -3.22. The summed E-state index contributed by atoms with van der Waals surface area (Å²) in [5, 5.41) is 20.8. The highest BCUT2D eigenvalue weighted by molar-refractivity contribution is 6.35. The number of nitrogens with two attached hydrogens (primary N) is 1. The van der Waals surface area contributed by atoms with Crippen molar-refractivity contribution < 1.29 is 19.0 Å². The molecule has 0 spiro atoms. The van der Waals surface area contributed by atoms with Crippen LogP contribution in [0.5, 0.6) is 11.5 Å². The zero-order valence-corrected chi connectivity index (χ0v) is 22.1. The van der Waals surface area contributed by atoms with Gasteiger partial charge in [-0.1, -0.05) is 23.2 Å². The number of aliphatic hydroxyl groups is 1. The fourth-order valence-corrected chi connectivity index (χ4v) is 5.17. The molecule has 5 rings (SSSR count). The van der Waals surface area contributed by atoms with Gasteiger partial charge in [-0.05, 0) is 19.1 Å². The summed E-state index contributed by atoms with van der Waals surface area (Å²) in [5.74, 6) is 0.524. The van der Waals surface area contributed by atoms with Crippen molar-refractivity contribution in [1.29, 1.82) is 0 Å². The molecule has 1 saturated heterocycles. The summed E-state index contributed by atoms with van der Waals surface area (Å²) < 4.78 is 26.6. The highest BCUT2D eigenvalue weighted by Gasteiger charge is 2.39. The van der Waals surface area contributed by atoms with Crippen LogP contribution in [0.3, 0.4) is 0 Å². The summed E-state index contributed by atoms with van der Waals surface area (Å²) in [5.41, 5.74) is 8.07. The van der Waals surface area contributed by atoms with E-state index < -0.39 is 12.0 Å². The molecular weight excluding hydrogens is 536 g/mol. The highest BCUT2D eigenvalue weighted by Crippen LogP contribution is 2.39. The summed E-state index contributed by atoms with van der Waals surface area (Å²) >= 11 is 12.5. The topological polar surface area (TPSA) is 134 Å². The van der Waals surface area contributed by atoms with E-state index in [-0.39, 0.29) is 28.0 Å². The monoisotopic (exact) mass is 561 g/mol. The van der Waals surface area contributed by atoms with Gasteiger partial charge in [-0.15, -0.1) is 0 Å². The molecule has 38 heavy (non-hydrogen) atoms. The molecule has 1 aliphatic rings. The van der Waals surface area contributed by atoms with Crippen LogP contribution in [0.15, 0.2) is 36.8 Å². The Kier molecular flexibility index (Phi) is 7.30. The van der Waals surface area contributed by atoms with Crippen LogP contribution in [-0.2, 0) is 0 Å². The summed E-state index contributed by atoms with van der Waals surface area (Å²) in [6.07, 6.45) is 3.43. The molecule has 200 valence electrons. The largest absolute Gasteiger partial charge is 0.493 e. The molecule has 3 aromatic heterocycles. The van der Waals surface area contributed by atoms with Crippen LogP contribution in [0.1, 0.15) is 18.7 Å². The van der Waals surface area contributed by atoms with Crippen molar-refractivity contribution in [2.24, 2.45) is 5.73 Å². The number of nitrogens with one attached hydrogen (secondary N) is 2. The predicted octanol–water partition coefficient (Wildman–Crippen LogP) is 3.67. The van der Waals surface area contributed by atoms with Gasteiger partial charge in [0.15, 0.2) is 29.4 Å². The first-order valence-corrected chi connectivity index (χ1v) is 12.5. The van der Waals surface area contributed by atoms with E-state index in [1.807, 2.05) is 11.8 Å². The minimum atomic E-state index is -1.01. The number of anilines is 1. The number of methoxy groups -OCH3 is 1. The van der Waals surface area contributed by atoms with E-state index in [1.165, 1.54) is 25.6 Å².